The molecule has 0 aromatic rings. The molecule has 0 spiro atoms. The van der Waals surface area contributed by atoms with Crippen LogP contribution in [0.3, 0.4) is 0 Å². The number of nitrogens with one attached hydrogen (secondary N) is 1. The molecule has 0 fully saturated rings. The molecule has 0 saturated carbocycles. The Balaban J connectivity index is 3.27. The molecule has 0 aliphatic carbocycles. The molecule has 2 heteroatoms. The van der Waals surface area contributed by atoms with E-state index in [2.05, 4.69) is 33.0 Å². The molecule has 0 aliphatic rings. The van der Waals surface area contributed by atoms with Crippen molar-refractivity contribution in [2.75, 3.05) is 0 Å². The van der Waals surface area contributed by atoms with Gasteiger partial charge in [0.1, 0.15) is 0 Å². The maximum absolute atomic E-state index is 11.8. The molecule has 0 atom stereocenters. The Hall–Kier alpha value is -0.530. The Bertz CT molecular complexity index is 248. The lowest BCUT2D eigenvalue weighted by atomic mass is 10.0. The molecule has 1 amide bonds. The molecule has 0 unspecified atom stereocenters. The van der Waals surface area contributed by atoms with Gasteiger partial charge in [-0.3, -0.25) is 4.79 Å². The number of amides is 1. The number of hydrogen-bond acceptors (Lipinski definition) is 1. The number of carbonyl (C=O) groups excluding carboxylic acids is 1. The minimum absolute atomic E-state index is 0.0468. The topological polar surface area (TPSA) is 29.1 Å². The van der Waals surface area contributed by atoms with Gasteiger partial charge in [0.05, 0.1) is 0 Å². The van der Waals surface area contributed by atoms with Gasteiger partial charge in [-0.1, -0.05) is 78.1 Å². The predicted molar refractivity (Wildman–Crippen MR) is 93.6 cm³/mol. The molecule has 126 valence electrons. The largest absolute Gasteiger partial charge is 0.351 e. The first-order chi connectivity index (χ1) is 10.0. The van der Waals surface area contributed by atoms with Gasteiger partial charge in [0.2, 0.25) is 5.91 Å². The van der Waals surface area contributed by atoms with Gasteiger partial charge in [-0.25, -0.2) is 0 Å². The second-order valence-corrected chi connectivity index (χ2v) is 7.07. The third-order valence-electron chi connectivity index (χ3n) is 4.37. The monoisotopic (exact) mass is 297 g/mol. The highest BCUT2D eigenvalue weighted by atomic mass is 16.1. The van der Waals surface area contributed by atoms with Crippen LogP contribution >= 0.6 is 0 Å². The minimum atomic E-state index is -0.0468. The fourth-order valence-corrected chi connectivity index (χ4v) is 2.48. The Morgan fingerprint density at radius 2 is 1.19 bits per heavy atom. The summed E-state index contributed by atoms with van der Waals surface area (Å²) in [5.74, 6) is 0.220. The molecule has 0 radical (unpaired) electrons. The highest BCUT2D eigenvalue weighted by molar-refractivity contribution is 5.76. The average molecular weight is 298 g/mol. The van der Waals surface area contributed by atoms with Gasteiger partial charge in [0, 0.05) is 12.0 Å². The SMILES string of the molecule is CCCCCCCCCCCCCC(=O)NC(C)(C)CC. The highest BCUT2D eigenvalue weighted by Gasteiger charge is 2.16. The summed E-state index contributed by atoms with van der Waals surface area (Å²) in [6.07, 6.45) is 16.3. The van der Waals surface area contributed by atoms with Crippen LogP contribution in [-0.2, 0) is 4.79 Å². The van der Waals surface area contributed by atoms with Crippen LogP contribution in [-0.4, -0.2) is 11.4 Å². The van der Waals surface area contributed by atoms with Crippen LogP contribution in [0.15, 0.2) is 0 Å². The predicted octanol–water partition coefficient (Wildman–Crippen LogP) is 5.99. The van der Waals surface area contributed by atoms with Gasteiger partial charge >= 0.3 is 0 Å². The summed E-state index contributed by atoms with van der Waals surface area (Å²) >= 11 is 0. The summed E-state index contributed by atoms with van der Waals surface area (Å²) in [7, 11) is 0. The Kier molecular flexibility index (Phi) is 12.8. The van der Waals surface area contributed by atoms with Crippen molar-refractivity contribution in [2.45, 2.75) is 117 Å². The lowest BCUT2D eigenvalue weighted by molar-refractivity contribution is -0.122. The smallest absolute Gasteiger partial charge is 0.220 e. The Morgan fingerprint density at radius 3 is 1.62 bits per heavy atom. The molecular formula is C19H39NO. The van der Waals surface area contributed by atoms with Crippen LogP contribution < -0.4 is 5.32 Å². The van der Waals surface area contributed by atoms with E-state index in [0.717, 1.165) is 12.8 Å². The normalized spacial score (nSPS) is 11.6. The number of carbonyl (C=O) groups is 1. The van der Waals surface area contributed by atoms with E-state index < -0.39 is 0 Å². The van der Waals surface area contributed by atoms with E-state index >= 15 is 0 Å². The van der Waals surface area contributed by atoms with Gasteiger partial charge in [-0.2, -0.15) is 0 Å². The first-order valence-corrected chi connectivity index (χ1v) is 9.33. The lowest BCUT2D eigenvalue weighted by Crippen LogP contribution is -2.42. The standard InChI is InChI=1S/C19H39NO/c1-5-7-8-9-10-11-12-13-14-15-16-17-18(21)20-19(3,4)6-2/h5-17H2,1-4H3,(H,20,21). The molecule has 0 bridgehead atoms. The van der Waals surface area contributed by atoms with Gasteiger partial charge in [-0.15, -0.1) is 0 Å². The lowest BCUT2D eigenvalue weighted by Gasteiger charge is -2.24. The molecule has 0 saturated heterocycles. The van der Waals surface area contributed by atoms with Crippen molar-refractivity contribution >= 4 is 5.91 Å². The van der Waals surface area contributed by atoms with Crippen LogP contribution in [0.25, 0.3) is 0 Å². The first-order valence-electron chi connectivity index (χ1n) is 9.33. The van der Waals surface area contributed by atoms with E-state index in [9.17, 15) is 4.79 Å². The van der Waals surface area contributed by atoms with Crippen molar-refractivity contribution in [1.82, 2.24) is 5.32 Å². The van der Waals surface area contributed by atoms with E-state index in [4.69, 9.17) is 0 Å². The quantitative estimate of drug-likeness (QED) is 0.392. The van der Waals surface area contributed by atoms with Gasteiger partial charge < -0.3 is 5.32 Å². The molecule has 2 nitrogen and oxygen atoms in total. The zero-order valence-corrected chi connectivity index (χ0v) is 15.1. The molecule has 0 heterocycles. The van der Waals surface area contributed by atoms with Crippen molar-refractivity contribution in [1.29, 1.82) is 0 Å². The molecule has 0 aliphatic heterocycles. The number of rotatable bonds is 14. The second kappa shape index (κ2) is 13.2. The van der Waals surface area contributed by atoms with Crippen LogP contribution in [0.1, 0.15) is 111 Å². The molecular weight excluding hydrogens is 258 g/mol. The number of hydrogen-bond donors (Lipinski definition) is 1. The van der Waals surface area contributed by atoms with Crippen molar-refractivity contribution in [3.05, 3.63) is 0 Å². The summed E-state index contributed by atoms with van der Waals surface area (Å²) in [5, 5.41) is 3.10. The molecule has 0 aromatic heterocycles. The maximum Gasteiger partial charge on any atom is 0.220 e. The van der Waals surface area contributed by atoms with E-state index in [1.807, 2.05) is 0 Å². The zero-order valence-electron chi connectivity index (χ0n) is 15.1. The minimum Gasteiger partial charge on any atom is -0.351 e. The fraction of sp³-hybridized carbons (Fsp3) is 0.947. The van der Waals surface area contributed by atoms with Crippen LogP contribution in [0.5, 0.6) is 0 Å². The highest BCUT2D eigenvalue weighted by Crippen LogP contribution is 2.12. The summed E-state index contributed by atoms with van der Waals surface area (Å²) in [5.41, 5.74) is -0.0468. The van der Waals surface area contributed by atoms with E-state index in [0.29, 0.717) is 6.42 Å². The van der Waals surface area contributed by atoms with Crippen LogP contribution in [0.2, 0.25) is 0 Å². The van der Waals surface area contributed by atoms with Gasteiger partial charge in [0.25, 0.3) is 0 Å². The average Bonchev–Trinajstić information content (AvgIpc) is 2.44. The zero-order chi connectivity index (χ0) is 16.0. The molecule has 0 aromatic carbocycles. The Morgan fingerprint density at radius 1 is 0.762 bits per heavy atom. The van der Waals surface area contributed by atoms with E-state index in [1.54, 1.807) is 0 Å². The van der Waals surface area contributed by atoms with Gasteiger partial charge in [-0.05, 0) is 26.7 Å². The summed E-state index contributed by atoms with van der Waals surface area (Å²) in [6.45, 7) is 8.56. The first kappa shape index (κ1) is 20.5. The third-order valence-corrected chi connectivity index (χ3v) is 4.37. The fourth-order valence-electron chi connectivity index (χ4n) is 2.48. The summed E-state index contributed by atoms with van der Waals surface area (Å²) in [6, 6.07) is 0. The van der Waals surface area contributed by atoms with Crippen LogP contribution in [0, 0.1) is 0 Å². The van der Waals surface area contributed by atoms with Gasteiger partial charge in [0.15, 0.2) is 0 Å². The molecule has 21 heavy (non-hydrogen) atoms. The molecule has 1 N–H and O–H groups in total. The Labute approximate surface area is 133 Å². The van der Waals surface area contributed by atoms with Crippen molar-refractivity contribution in [3.63, 3.8) is 0 Å². The van der Waals surface area contributed by atoms with Crippen molar-refractivity contribution in [3.8, 4) is 0 Å². The van der Waals surface area contributed by atoms with Crippen molar-refractivity contribution < 1.29 is 4.79 Å². The summed E-state index contributed by atoms with van der Waals surface area (Å²) < 4.78 is 0. The van der Waals surface area contributed by atoms with E-state index in [1.165, 1.54) is 64.2 Å². The van der Waals surface area contributed by atoms with Crippen LogP contribution in [0.4, 0.5) is 0 Å². The van der Waals surface area contributed by atoms with E-state index in [-0.39, 0.29) is 11.4 Å². The summed E-state index contributed by atoms with van der Waals surface area (Å²) in [4.78, 5) is 11.8. The second-order valence-electron chi connectivity index (χ2n) is 7.07. The molecule has 0 rings (SSSR count). The number of unbranched alkanes of at least 4 members (excludes halogenated alkanes) is 10. The third kappa shape index (κ3) is 14.2. The van der Waals surface area contributed by atoms with Crippen molar-refractivity contribution in [2.24, 2.45) is 0 Å². The maximum atomic E-state index is 11.8.